The first-order chi connectivity index (χ1) is 8.45. The number of halogens is 1. The van der Waals surface area contributed by atoms with Crippen molar-refractivity contribution in [2.45, 2.75) is 11.3 Å². The van der Waals surface area contributed by atoms with Crippen LogP contribution in [0.3, 0.4) is 0 Å². The monoisotopic (exact) mass is 336 g/mol. The van der Waals surface area contributed by atoms with E-state index in [4.69, 9.17) is 0 Å². The van der Waals surface area contributed by atoms with Gasteiger partial charge in [0.2, 0.25) is 15.9 Å². The topological polar surface area (TPSA) is 84.5 Å². The molecule has 1 amide bonds. The molecule has 0 unspecified atom stereocenters. The minimum absolute atomic E-state index is 0.00357. The highest BCUT2D eigenvalue weighted by Crippen LogP contribution is 2.14. The van der Waals surface area contributed by atoms with Crippen molar-refractivity contribution in [2.75, 3.05) is 13.7 Å². The number of hydrogen-bond donors (Lipinski definition) is 2. The van der Waals surface area contributed by atoms with E-state index in [9.17, 15) is 13.2 Å². The van der Waals surface area contributed by atoms with Crippen molar-refractivity contribution in [3.05, 3.63) is 28.7 Å². The molecule has 18 heavy (non-hydrogen) atoms. The summed E-state index contributed by atoms with van der Waals surface area (Å²) in [4.78, 5) is 15.6. The number of carbonyl (C=O) groups is 1. The quantitative estimate of drug-likeness (QED) is 0.752. The van der Waals surface area contributed by atoms with E-state index >= 15 is 0 Å². The molecule has 0 radical (unpaired) electrons. The van der Waals surface area contributed by atoms with Crippen LogP contribution in [0.4, 0.5) is 0 Å². The Hall–Kier alpha value is -0.960. The van der Waals surface area contributed by atoms with Crippen molar-refractivity contribution in [3.63, 3.8) is 0 Å². The molecule has 8 heteroatoms. The highest BCUT2D eigenvalue weighted by Gasteiger charge is 2.13. The molecule has 0 spiro atoms. The van der Waals surface area contributed by atoms with Gasteiger partial charge >= 0.3 is 0 Å². The van der Waals surface area contributed by atoms with Gasteiger partial charge < -0.3 is 0 Å². The van der Waals surface area contributed by atoms with Gasteiger partial charge in [0, 0.05) is 17.4 Å². The molecule has 2 N–H and O–H groups in total. The molecule has 1 aromatic rings. The van der Waals surface area contributed by atoms with E-state index in [-0.39, 0.29) is 17.9 Å². The molecule has 0 atom stereocenters. The molecule has 0 heterocycles. The number of hydrogen-bond acceptors (Lipinski definition) is 4. The number of sulfonamides is 1. The first-order valence-corrected chi connectivity index (χ1v) is 7.30. The molecule has 1 aromatic carbocycles. The van der Waals surface area contributed by atoms with Gasteiger partial charge in [-0.3, -0.25) is 9.63 Å². The summed E-state index contributed by atoms with van der Waals surface area (Å²) in [5.41, 5.74) is 2.10. The average molecular weight is 337 g/mol. The lowest BCUT2D eigenvalue weighted by molar-refractivity contribution is -0.131. The lowest BCUT2D eigenvalue weighted by Gasteiger charge is -2.06. The van der Waals surface area contributed by atoms with Crippen LogP contribution in [-0.4, -0.2) is 28.0 Å². The van der Waals surface area contributed by atoms with E-state index in [0.717, 1.165) is 4.47 Å². The van der Waals surface area contributed by atoms with E-state index in [1.165, 1.54) is 19.2 Å². The van der Waals surface area contributed by atoms with E-state index in [2.05, 4.69) is 31.0 Å². The molecule has 0 fully saturated rings. The zero-order valence-electron chi connectivity index (χ0n) is 9.64. The van der Waals surface area contributed by atoms with Crippen molar-refractivity contribution < 1.29 is 18.0 Å². The van der Waals surface area contributed by atoms with Crippen molar-refractivity contribution >= 4 is 31.9 Å². The summed E-state index contributed by atoms with van der Waals surface area (Å²) in [6.07, 6.45) is 0.00357. The first-order valence-electron chi connectivity index (χ1n) is 5.03. The SMILES string of the molecule is CONC(=O)CCNS(=O)(=O)c1ccc(Br)cc1. The lowest BCUT2D eigenvalue weighted by Crippen LogP contribution is -2.30. The number of carbonyl (C=O) groups excluding carboxylic acids is 1. The Labute approximate surface area is 114 Å². The van der Waals surface area contributed by atoms with E-state index in [1.807, 2.05) is 0 Å². The molecule has 0 aromatic heterocycles. The maximum atomic E-state index is 11.8. The molecule has 1 rings (SSSR count). The second-order valence-corrected chi connectivity index (χ2v) is 6.01. The fraction of sp³-hybridized carbons (Fsp3) is 0.300. The second kappa shape index (κ2) is 6.83. The standard InChI is InChI=1S/C10H13BrN2O4S/c1-17-13-10(14)6-7-12-18(15,16)9-4-2-8(11)3-5-9/h2-5,12H,6-7H2,1H3,(H,13,14). The van der Waals surface area contributed by atoms with Gasteiger partial charge in [-0.15, -0.1) is 0 Å². The highest BCUT2D eigenvalue weighted by atomic mass is 79.9. The van der Waals surface area contributed by atoms with Gasteiger partial charge in [-0.1, -0.05) is 15.9 Å². The number of nitrogens with one attached hydrogen (secondary N) is 2. The Morgan fingerprint density at radius 2 is 1.94 bits per heavy atom. The first kappa shape index (κ1) is 15.1. The summed E-state index contributed by atoms with van der Waals surface area (Å²) in [5, 5.41) is 0. The normalized spacial score (nSPS) is 11.2. The van der Waals surface area contributed by atoms with Gasteiger partial charge in [0.1, 0.15) is 0 Å². The minimum Gasteiger partial charge on any atom is -0.277 e. The van der Waals surface area contributed by atoms with Gasteiger partial charge in [0.25, 0.3) is 0 Å². The summed E-state index contributed by atoms with van der Waals surface area (Å²) in [5.74, 6) is -0.393. The maximum absolute atomic E-state index is 11.8. The zero-order valence-corrected chi connectivity index (χ0v) is 12.0. The van der Waals surface area contributed by atoms with Gasteiger partial charge in [0.15, 0.2) is 0 Å². The van der Waals surface area contributed by atoms with Crippen LogP contribution in [0.5, 0.6) is 0 Å². The fourth-order valence-corrected chi connectivity index (χ4v) is 2.46. The summed E-state index contributed by atoms with van der Waals surface area (Å²) in [6, 6.07) is 6.21. The zero-order chi connectivity index (χ0) is 13.6. The van der Waals surface area contributed by atoms with Crippen molar-refractivity contribution in [2.24, 2.45) is 0 Å². The summed E-state index contributed by atoms with van der Waals surface area (Å²) < 4.78 is 26.7. The molecule has 0 saturated heterocycles. The highest BCUT2D eigenvalue weighted by molar-refractivity contribution is 9.10. The van der Waals surface area contributed by atoms with Crippen LogP contribution in [-0.2, 0) is 19.7 Å². The molecule has 0 saturated carbocycles. The Balaban J connectivity index is 2.55. The van der Waals surface area contributed by atoms with Crippen LogP contribution in [0.25, 0.3) is 0 Å². The average Bonchev–Trinajstić information content (AvgIpc) is 2.29. The van der Waals surface area contributed by atoms with Crippen LogP contribution in [0, 0.1) is 0 Å². The molecular formula is C10H13BrN2O4S. The Morgan fingerprint density at radius 3 is 2.50 bits per heavy atom. The second-order valence-electron chi connectivity index (χ2n) is 3.33. The van der Waals surface area contributed by atoms with Gasteiger partial charge in [-0.05, 0) is 24.3 Å². The number of amides is 1. The Morgan fingerprint density at radius 1 is 1.33 bits per heavy atom. The number of benzene rings is 1. The maximum Gasteiger partial charge on any atom is 0.244 e. The molecular weight excluding hydrogens is 324 g/mol. The molecule has 100 valence electrons. The largest absolute Gasteiger partial charge is 0.277 e. The van der Waals surface area contributed by atoms with Gasteiger partial charge in [-0.25, -0.2) is 18.6 Å². The summed E-state index contributed by atoms with van der Waals surface area (Å²) >= 11 is 3.22. The molecule has 0 aliphatic rings. The smallest absolute Gasteiger partial charge is 0.244 e. The van der Waals surface area contributed by atoms with Crippen LogP contribution in [0.15, 0.2) is 33.6 Å². The van der Waals surface area contributed by atoms with E-state index in [0.29, 0.717) is 0 Å². The van der Waals surface area contributed by atoms with Crippen LogP contribution < -0.4 is 10.2 Å². The van der Waals surface area contributed by atoms with Crippen LogP contribution in [0.1, 0.15) is 6.42 Å². The fourth-order valence-electron chi connectivity index (χ4n) is 1.16. The van der Waals surface area contributed by atoms with Crippen molar-refractivity contribution in [3.8, 4) is 0 Å². The predicted molar refractivity (Wildman–Crippen MR) is 69.1 cm³/mol. The predicted octanol–water partition coefficient (Wildman–Crippen LogP) is 0.795. The molecule has 0 aliphatic heterocycles. The summed E-state index contributed by atoms with van der Waals surface area (Å²) in [7, 11) is -2.27. The Bertz CT molecular complexity index is 501. The third kappa shape index (κ3) is 4.73. The van der Waals surface area contributed by atoms with E-state index < -0.39 is 15.9 Å². The van der Waals surface area contributed by atoms with Gasteiger partial charge in [0.05, 0.1) is 12.0 Å². The minimum atomic E-state index is -3.58. The van der Waals surface area contributed by atoms with Crippen LogP contribution >= 0.6 is 15.9 Å². The molecule has 0 aliphatic carbocycles. The number of rotatable bonds is 6. The van der Waals surface area contributed by atoms with Crippen LogP contribution in [0.2, 0.25) is 0 Å². The van der Waals surface area contributed by atoms with Gasteiger partial charge in [-0.2, -0.15) is 0 Å². The third-order valence-corrected chi connectivity index (χ3v) is 3.99. The lowest BCUT2D eigenvalue weighted by atomic mass is 10.4. The molecule has 6 nitrogen and oxygen atoms in total. The number of hydroxylamine groups is 1. The summed E-state index contributed by atoms with van der Waals surface area (Å²) in [6.45, 7) is 0.00753. The Kier molecular flexibility index (Phi) is 5.73. The third-order valence-electron chi connectivity index (χ3n) is 1.98. The van der Waals surface area contributed by atoms with Crippen molar-refractivity contribution in [1.29, 1.82) is 0 Å². The van der Waals surface area contributed by atoms with Crippen molar-refractivity contribution in [1.82, 2.24) is 10.2 Å². The van der Waals surface area contributed by atoms with E-state index in [1.54, 1.807) is 12.1 Å². The molecule has 0 bridgehead atoms.